The average Bonchev–Trinajstić information content (AvgIpc) is 4.39. The topological polar surface area (TPSA) is 231 Å². The Morgan fingerprint density at radius 2 is 1.63 bits per heavy atom. The van der Waals surface area contributed by atoms with Gasteiger partial charge < -0.3 is 34.5 Å². The highest BCUT2D eigenvalue weighted by Gasteiger charge is 2.56. The Morgan fingerprint density at radius 3 is 2.34 bits per heavy atom. The maximum absolute atomic E-state index is 15.0. The number of piperazine rings is 1. The third-order valence-electron chi connectivity index (χ3n) is 18.6. The maximum atomic E-state index is 15.0. The third-order valence-corrected chi connectivity index (χ3v) is 19.9. The van der Waals surface area contributed by atoms with E-state index in [4.69, 9.17) is 19.2 Å². The number of hydrogen-bond acceptors (Lipinski definition) is 16. The summed E-state index contributed by atoms with van der Waals surface area (Å²) in [5.41, 5.74) is 4.70. The smallest absolute Gasteiger partial charge is 0.312 e. The SMILES string of the molecule is COc1nc2[nH]cc(F)c2cc1Oc1cc(N2C3CCC2CC2(C3)CC(N3CCN(Cc4ccc(C5CC5)c(OC)n4)C[C@H]3c3ccccc3C(C)C)C2)ccc1C(=O)NS(=O)(=O)c1cnc(NCC2CCC(C)(O)CC2)c([N+](=O)[O-])c1. The first-order valence-corrected chi connectivity index (χ1v) is 30.5. The molecule has 434 valence electrons. The molecule has 4 N–H and O–H groups in total. The van der Waals surface area contributed by atoms with E-state index in [1.54, 1.807) is 26.2 Å². The molecule has 2 aromatic carbocycles. The van der Waals surface area contributed by atoms with E-state index in [9.17, 15) is 28.4 Å². The lowest BCUT2D eigenvalue weighted by atomic mass is 9.58. The number of benzene rings is 2. The Bertz CT molecular complexity index is 3510. The first-order valence-electron chi connectivity index (χ1n) is 29.0. The number of piperidine rings is 1. The van der Waals surface area contributed by atoms with Crippen LogP contribution in [0.4, 0.5) is 21.6 Å². The number of aliphatic hydroxyl groups is 1. The fraction of sp³-hybridized carbons (Fsp3) is 0.508. The lowest BCUT2D eigenvalue weighted by Gasteiger charge is -2.60. The van der Waals surface area contributed by atoms with Gasteiger partial charge in [0.05, 0.1) is 47.6 Å². The van der Waals surface area contributed by atoms with Crippen LogP contribution in [0.1, 0.15) is 148 Å². The van der Waals surface area contributed by atoms with Crippen LogP contribution in [0.15, 0.2) is 84.0 Å². The van der Waals surface area contributed by atoms with Gasteiger partial charge in [-0.2, -0.15) is 4.98 Å². The Hall–Kier alpha value is -6.94. The van der Waals surface area contributed by atoms with Crippen molar-refractivity contribution in [2.24, 2.45) is 11.3 Å². The van der Waals surface area contributed by atoms with Crippen molar-refractivity contribution in [1.29, 1.82) is 0 Å². The zero-order valence-electron chi connectivity index (χ0n) is 47.2. The molecule has 21 heteroatoms. The molecule has 2 bridgehead atoms. The molecule has 6 aromatic rings. The lowest BCUT2D eigenvalue weighted by Crippen LogP contribution is -2.61. The largest absolute Gasteiger partial charge is 0.481 e. The van der Waals surface area contributed by atoms with E-state index in [0.717, 1.165) is 100 Å². The quantitative estimate of drug-likeness (QED) is 0.0463. The van der Waals surface area contributed by atoms with E-state index in [1.807, 2.05) is 0 Å². The number of amides is 1. The predicted octanol–water partition coefficient (Wildman–Crippen LogP) is 10.5. The van der Waals surface area contributed by atoms with Gasteiger partial charge in [-0.3, -0.25) is 24.7 Å². The molecule has 1 spiro atoms. The number of pyridine rings is 3. The fourth-order valence-electron chi connectivity index (χ4n) is 14.2. The molecule has 4 aromatic heterocycles. The van der Waals surface area contributed by atoms with Gasteiger partial charge >= 0.3 is 5.69 Å². The summed E-state index contributed by atoms with van der Waals surface area (Å²) in [6.07, 6.45) is 13.3. The van der Waals surface area contributed by atoms with Crippen molar-refractivity contribution >= 4 is 44.2 Å². The number of carbonyl (C=O) groups excluding carboxylic acids is 1. The molecule has 2 unspecified atom stereocenters. The van der Waals surface area contributed by atoms with Crippen LogP contribution in [-0.4, -0.2) is 118 Å². The van der Waals surface area contributed by atoms with E-state index in [2.05, 4.69) is 89.9 Å². The van der Waals surface area contributed by atoms with Crippen LogP contribution in [0.25, 0.3) is 11.0 Å². The molecule has 3 atom stereocenters. The van der Waals surface area contributed by atoms with Gasteiger partial charge in [0.15, 0.2) is 5.75 Å². The van der Waals surface area contributed by atoms with Gasteiger partial charge in [-0.1, -0.05) is 44.2 Å². The summed E-state index contributed by atoms with van der Waals surface area (Å²) in [6.45, 7) is 10.3. The van der Waals surface area contributed by atoms with Gasteiger partial charge in [0, 0.05) is 92.5 Å². The summed E-state index contributed by atoms with van der Waals surface area (Å²) in [7, 11) is -1.65. The van der Waals surface area contributed by atoms with Gasteiger partial charge in [0.1, 0.15) is 22.1 Å². The number of aromatic amines is 1. The van der Waals surface area contributed by atoms with Crippen LogP contribution in [0.5, 0.6) is 23.3 Å². The Labute approximate surface area is 477 Å². The van der Waals surface area contributed by atoms with Crippen molar-refractivity contribution in [3.63, 3.8) is 0 Å². The molecular formula is C61H73FN10O9S. The number of nitrogens with one attached hydrogen (secondary N) is 3. The van der Waals surface area contributed by atoms with Crippen molar-refractivity contribution in [3.05, 3.63) is 123 Å². The second-order valence-electron chi connectivity index (χ2n) is 24.6. The second-order valence-corrected chi connectivity index (χ2v) is 26.3. The van der Waals surface area contributed by atoms with Crippen molar-refractivity contribution < 1.29 is 41.8 Å². The summed E-state index contributed by atoms with van der Waals surface area (Å²) < 4.78 is 63.0. The zero-order chi connectivity index (χ0) is 57.2. The number of sulfonamides is 1. The van der Waals surface area contributed by atoms with E-state index in [-0.39, 0.29) is 69.3 Å². The van der Waals surface area contributed by atoms with Crippen LogP contribution in [0.2, 0.25) is 0 Å². The second kappa shape index (κ2) is 22.0. The number of hydrogen-bond donors (Lipinski definition) is 4. The average molecular weight is 1140 g/mol. The summed E-state index contributed by atoms with van der Waals surface area (Å²) >= 11 is 0. The van der Waals surface area contributed by atoms with Gasteiger partial charge in [-0.15, -0.1) is 0 Å². The number of nitrogens with zero attached hydrogens (tertiary/aromatic N) is 7. The Balaban J connectivity index is 0.778. The van der Waals surface area contributed by atoms with Gasteiger partial charge in [-0.25, -0.2) is 27.5 Å². The molecule has 7 heterocycles. The lowest BCUT2D eigenvalue weighted by molar-refractivity contribution is -0.384. The van der Waals surface area contributed by atoms with E-state index in [0.29, 0.717) is 50.1 Å². The number of aromatic nitrogens is 4. The zero-order valence-corrected chi connectivity index (χ0v) is 48.0. The van der Waals surface area contributed by atoms with Gasteiger partial charge in [-0.05, 0) is 136 Å². The van der Waals surface area contributed by atoms with Crippen LogP contribution >= 0.6 is 0 Å². The minimum Gasteiger partial charge on any atom is -0.481 e. The molecule has 19 nitrogen and oxygen atoms in total. The number of H-pyrrole nitrogens is 1. The summed E-state index contributed by atoms with van der Waals surface area (Å²) in [5, 5.41) is 25.8. The Morgan fingerprint density at radius 1 is 0.902 bits per heavy atom. The first kappa shape index (κ1) is 55.6. The standard InChI is InChI=1S/C61H73FN10O9S/c1-36(2)45-8-6-7-9-47(45)52-35-69(34-39-12-16-46(38-10-11-38)58(66-39)79-4)22-23-70(52)43-29-61(30-43)27-41-13-14-42(28-61)71(41)40-15-17-48(53(24-40)81-54-26-49-50(62)33-65-55(49)67-59(54)80-5)57(73)68-82(77,78)44-25-51(72(75)76)56(64-32-44)63-31-37-18-20-60(3,74)21-19-37/h6-9,12,15-17,24-26,32-33,36-38,41-43,52,74H,10-11,13-14,18-23,27-31,34-35H2,1-5H3,(H,63,64)(H,65,67)(H,68,73)/t37?,41?,42?,43?,52-,60?,61?/m0/s1. The highest BCUT2D eigenvalue weighted by Crippen LogP contribution is 2.59. The first-order chi connectivity index (χ1) is 39.4. The van der Waals surface area contributed by atoms with E-state index < -0.39 is 42.9 Å². The number of ether oxygens (including phenoxy) is 3. The molecule has 0 radical (unpaired) electrons. The van der Waals surface area contributed by atoms with Crippen molar-refractivity contribution in [3.8, 4) is 23.3 Å². The van der Waals surface area contributed by atoms with E-state index >= 15 is 4.39 Å². The van der Waals surface area contributed by atoms with Crippen molar-refractivity contribution in [2.75, 3.05) is 50.6 Å². The molecule has 3 aliphatic heterocycles. The van der Waals surface area contributed by atoms with Gasteiger partial charge in [0.2, 0.25) is 11.7 Å². The van der Waals surface area contributed by atoms with Crippen molar-refractivity contribution in [2.45, 2.75) is 151 Å². The Kier molecular flexibility index (Phi) is 14.9. The third kappa shape index (κ3) is 11.1. The molecule has 3 saturated heterocycles. The van der Waals surface area contributed by atoms with Crippen LogP contribution in [0.3, 0.4) is 0 Å². The summed E-state index contributed by atoms with van der Waals surface area (Å²) in [5.74, 6) is 0.000967. The molecule has 6 aliphatic rings. The highest BCUT2D eigenvalue weighted by atomic mass is 32.2. The maximum Gasteiger partial charge on any atom is 0.312 e. The fourth-order valence-corrected chi connectivity index (χ4v) is 15.1. The number of carbonyl (C=O) groups is 1. The normalized spacial score (nSPS) is 25.8. The summed E-state index contributed by atoms with van der Waals surface area (Å²) in [4.78, 5) is 49.5. The number of fused-ring (bicyclic) bond motifs is 3. The van der Waals surface area contributed by atoms with Crippen LogP contribution < -0.4 is 29.1 Å². The minimum atomic E-state index is -4.76. The molecule has 3 aliphatic carbocycles. The van der Waals surface area contributed by atoms with E-state index in [1.165, 1.54) is 48.8 Å². The number of methoxy groups -OCH3 is 2. The minimum absolute atomic E-state index is 0.00634. The van der Waals surface area contributed by atoms with Crippen molar-refractivity contribution in [1.82, 2.24) is 34.5 Å². The molecule has 6 fully saturated rings. The number of anilines is 2. The number of nitro groups is 1. The molecule has 82 heavy (non-hydrogen) atoms. The van der Waals surface area contributed by atoms with Gasteiger partial charge in [0.25, 0.3) is 21.8 Å². The number of rotatable bonds is 18. The number of halogens is 1. The molecule has 3 saturated carbocycles. The molecule has 12 rings (SSSR count). The van der Waals surface area contributed by atoms with Crippen LogP contribution in [-0.2, 0) is 16.6 Å². The monoisotopic (exact) mass is 1140 g/mol. The molecule has 1 amide bonds. The molecular weight excluding hydrogens is 1070 g/mol. The highest BCUT2D eigenvalue weighted by molar-refractivity contribution is 7.90. The summed E-state index contributed by atoms with van der Waals surface area (Å²) in [6, 6.07) is 21.7. The van der Waals surface area contributed by atoms with Crippen LogP contribution in [0, 0.1) is 27.3 Å². The predicted molar refractivity (Wildman–Crippen MR) is 308 cm³/mol.